The second-order valence-corrected chi connectivity index (χ2v) is 12.8. The van der Waals surface area contributed by atoms with Gasteiger partial charge in [0.15, 0.2) is 0 Å². The van der Waals surface area contributed by atoms with Gasteiger partial charge in [0.1, 0.15) is 16.9 Å². The number of fused-ring (bicyclic) bond motifs is 3. The topological polar surface area (TPSA) is 102 Å². The Morgan fingerprint density at radius 2 is 2.07 bits per heavy atom. The van der Waals surface area contributed by atoms with Crippen molar-refractivity contribution in [3.05, 3.63) is 86.1 Å². The molecule has 10 heteroatoms. The van der Waals surface area contributed by atoms with Crippen molar-refractivity contribution in [3.63, 3.8) is 0 Å². The largest absolute Gasteiger partial charge is 0.484 e. The second-order valence-electron chi connectivity index (χ2n) is 11.9. The predicted molar refractivity (Wildman–Crippen MR) is 167 cm³/mol. The Kier molecular flexibility index (Phi) is 6.85. The number of aromatic amines is 1. The molecule has 5 aromatic rings. The summed E-state index contributed by atoms with van der Waals surface area (Å²) in [5.41, 5.74) is 6.58. The molecule has 0 bridgehead atoms. The highest BCUT2D eigenvalue weighted by atomic mass is 32.1. The first kappa shape index (κ1) is 27.8. The van der Waals surface area contributed by atoms with E-state index in [2.05, 4.69) is 63.7 Å². The van der Waals surface area contributed by atoms with Crippen molar-refractivity contribution in [1.82, 2.24) is 24.9 Å². The number of nitrogens with one attached hydrogen (secondary N) is 1. The number of aryl methyl sites for hydroxylation is 2. The van der Waals surface area contributed by atoms with Gasteiger partial charge < -0.3 is 14.5 Å². The molecule has 0 unspecified atom stereocenters. The minimum Gasteiger partial charge on any atom is -0.484 e. The van der Waals surface area contributed by atoms with Crippen molar-refractivity contribution in [2.75, 3.05) is 13.2 Å². The fourth-order valence-electron chi connectivity index (χ4n) is 6.56. The number of H-pyrrole nitrogens is 1. The van der Waals surface area contributed by atoms with Crippen LogP contribution >= 0.6 is 11.3 Å². The van der Waals surface area contributed by atoms with Gasteiger partial charge in [0.05, 0.1) is 30.3 Å². The first-order valence-corrected chi connectivity index (χ1v) is 15.7. The van der Waals surface area contributed by atoms with Gasteiger partial charge in [-0.2, -0.15) is 0 Å². The van der Waals surface area contributed by atoms with Crippen molar-refractivity contribution in [2.45, 2.75) is 64.1 Å². The molecular formula is C33H35N5O4S. The number of rotatable bonds is 7. The highest BCUT2D eigenvalue weighted by Crippen LogP contribution is 2.47. The fraction of sp³-hybridized carbons (Fsp3) is 0.394. The lowest BCUT2D eigenvalue weighted by atomic mass is 9.84. The van der Waals surface area contributed by atoms with Crippen LogP contribution in [0.3, 0.4) is 0 Å². The molecule has 7 rings (SSSR count). The lowest BCUT2D eigenvalue weighted by molar-refractivity contribution is -0.143. The van der Waals surface area contributed by atoms with Crippen molar-refractivity contribution in [1.29, 1.82) is 0 Å². The lowest BCUT2D eigenvalue weighted by Crippen LogP contribution is -2.36. The van der Waals surface area contributed by atoms with Crippen LogP contribution in [0.25, 0.3) is 21.1 Å². The van der Waals surface area contributed by atoms with E-state index in [0.29, 0.717) is 13.2 Å². The normalized spacial score (nSPS) is 18.4. The van der Waals surface area contributed by atoms with Gasteiger partial charge in [-0.25, -0.2) is 4.68 Å². The van der Waals surface area contributed by atoms with Crippen LogP contribution in [0.15, 0.2) is 52.6 Å². The van der Waals surface area contributed by atoms with Crippen molar-refractivity contribution in [2.24, 2.45) is 7.05 Å². The Morgan fingerprint density at radius 3 is 2.86 bits per heavy atom. The number of aromatic nitrogens is 4. The van der Waals surface area contributed by atoms with Gasteiger partial charge >= 0.3 is 5.97 Å². The van der Waals surface area contributed by atoms with E-state index in [9.17, 15) is 9.59 Å². The molecular weight excluding hydrogens is 562 g/mol. The number of benzene rings is 2. The summed E-state index contributed by atoms with van der Waals surface area (Å²) in [6.07, 6.45) is 2.21. The maximum Gasteiger partial charge on any atom is 0.306 e. The summed E-state index contributed by atoms with van der Waals surface area (Å²) in [5, 5.41) is 11.9. The molecule has 1 fully saturated rings. The zero-order chi connectivity index (χ0) is 29.9. The van der Waals surface area contributed by atoms with Gasteiger partial charge in [-0.1, -0.05) is 17.3 Å². The van der Waals surface area contributed by atoms with Crippen LogP contribution in [0, 0.1) is 6.92 Å². The zero-order valence-electron chi connectivity index (χ0n) is 24.8. The number of pyridine rings is 1. The average molecular weight is 598 g/mol. The standard InChI is InChI=1S/C33H35N5O4S/c1-5-41-29(40)16-25(24-6-7-26-30(19(24)2)35-36-37(26)4)22-14-21-10-13-43-32(21)23(15-22)17-38-18-33(11-12-33)42-27-8-9-28(39)34-31(27)20(38)3/h6-10,13-15,20,25H,5,11-12,16-18H2,1-4H3,(H,34,39)/t20-,25+/m0/s1. The summed E-state index contributed by atoms with van der Waals surface area (Å²) in [6.45, 7) is 7.82. The number of carbonyl (C=O) groups excluding carboxylic acids is 1. The Labute approximate surface area is 253 Å². The Morgan fingerprint density at radius 1 is 1.23 bits per heavy atom. The van der Waals surface area contributed by atoms with Gasteiger partial charge in [0.25, 0.3) is 0 Å². The van der Waals surface area contributed by atoms with Gasteiger partial charge in [-0.15, -0.1) is 16.4 Å². The van der Waals surface area contributed by atoms with Gasteiger partial charge in [0, 0.05) is 36.8 Å². The molecule has 1 N–H and O–H groups in total. The summed E-state index contributed by atoms with van der Waals surface area (Å²) in [5.74, 6) is 0.324. The van der Waals surface area contributed by atoms with Gasteiger partial charge in [0.2, 0.25) is 5.56 Å². The SMILES string of the molecule is CCOC(=O)C[C@H](c1cc(CN2CC3(CC3)Oc3ccc(=O)[nH]c3[C@@H]2C)c2sccc2c1)c1ccc2c(nnn2C)c1C. The molecule has 222 valence electrons. The molecule has 0 radical (unpaired) electrons. The molecule has 43 heavy (non-hydrogen) atoms. The highest BCUT2D eigenvalue weighted by Gasteiger charge is 2.50. The van der Waals surface area contributed by atoms with Crippen molar-refractivity contribution in [3.8, 4) is 5.75 Å². The molecule has 2 atom stereocenters. The van der Waals surface area contributed by atoms with Crippen LogP contribution in [0.1, 0.15) is 73.0 Å². The molecule has 9 nitrogen and oxygen atoms in total. The zero-order valence-corrected chi connectivity index (χ0v) is 25.7. The Bertz CT molecular complexity index is 1920. The van der Waals surface area contributed by atoms with Crippen molar-refractivity contribution < 1.29 is 14.3 Å². The number of nitrogens with zero attached hydrogens (tertiary/aromatic N) is 4. The van der Waals surface area contributed by atoms with Crippen LogP contribution in [0.2, 0.25) is 0 Å². The number of ether oxygens (including phenoxy) is 2. The number of thiophene rings is 1. The third kappa shape index (κ3) is 5.02. The first-order chi connectivity index (χ1) is 20.7. The molecule has 2 aromatic carbocycles. The fourth-order valence-corrected chi connectivity index (χ4v) is 7.45. The van der Waals surface area contributed by atoms with E-state index in [1.54, 1.807) is 22.1 Å². The minimum atomic E-state index is -0.229. The third-order valence-corrected chi connectivity index (χ3v) is 10.1. The van der Waals surface area contributed by atoms with E-state index in [1.165, 1.54) is 10.3 Å². The van der Waals surface area contributed by atoms with Crippen LogP contribution < -0.4 is 10.3 Å². The lowest BCUT2D eigenvalue weighted by Gasteiger charge is -2.29. The van der Waals surface area contributed by atoms with Crippen LogP contribution in [0.4, 0.5) is 0 Å². The maximum absolute atomic E-state index is 13.0. The Hall–Kier alpha value is -4.02. The first-order valence-electron chi connectivity index (χ1n) is 14.9. The van der Waals surface area contributed by atoms with Crippen LogP contribution in [-0.4, -0.2) is 49.6 Å². The molecule has 2 aliphatic rings. The van der Waals surface area contributed by atoms with E-state index >= 15 is 0 Å². The molecule has 1 spiro atoms. The number of carbonyl (C=O) groups is 1. The summed E-state index contributed by atoms with van der Waals surface area (Å²) in [6, 6.07) is 14.1. The summed E-state index contributed by atoms with van der Waals surface area (Å²) in [7, 11) is 1.88. The molecule has 1 aliphatic carbocycles. The van der Waals surface area contributed by atoms with E-state index in [-0.39, 0.29) is 35.5 Å². The molecule has 0 saturated heterocycles. The summed E-state index contributed by atoms with van der Waals surface area (Å²) in [4.78, 5) is 30.8. The van der Waals surface area contributed by atoms with E-state index < -0.39 is 0 Å². The minimum absolute atomic E-state index is 0.0424. The number of hydrogen-bond donors (Lipinski definition) is 1. The molecule has 1 saturated carbocycles. The number of hydrogen-bond acceptors (Lipinski definition) is 8. The van der Waals surface area contributed by atoms with Gasteiger partial charge in [-0.05, 0) is 90.9 Å². The van der Waals surface area contributed by atoms with E-state index in [1.807, 2.05) is 26.1 Å². The quantitative estimate of drug-likeness (QED) is 0.238. The number of esters is 1. The van der Waals surface area contributed by atoms with Crippen LogP contribution in [-0.2, 0) is 23.1 Å². The third-order valence-electron chi connectivity index (χ3n) is 9.06. The van der Waals surface area contributed by atoms with Gasteiger partial charge in [-0.3, -0.25) is 14.5 Å². The highest BCUT2D eigenvalue weighted by molar-refractivity contribution is 7.17. The second kappa shape index (κ2) is 10.6. The molecule has 4 heterocycles. The van der Waals surface area contributed by atoms with E-state index in [0.717, 1.165) is 63.9 Å². The van der Waals surface area contributed by atoms with Crippen LogP contribution in [0.5, 0.6) is 5.75 Å². The smallest absolute Gasteiger partial charge is 0.306 e. The van der Waals surface area contributed by atoms with E-state index in [4.69, 9.17) is 9.47 Å². The van der Waals surface area contributed by atoms with Crippen molar-refractivity contribution >= 4 is 38.4 Å². The molecule has 3 aromatic heterocycles. The summed E-state index contributed by atoms with van der Waals surface area (Å²) < 4.78 is 14.9. The monoisotopic (exact) mass is 597 g/mol. The maximum atomic E-state index is 13.0. The molecule has 0 amide bonds. The summed E-state index contributed by atoms with van der Waals surface area (Å²) >= 11 is 1.73. The predicted octanol–water partition coefficient (Wildman–Crippen LogP) is 5.75. The molecule has 1 aliphatic heterocycles. The Balaban J connectivity index is 1.32. The average Bonchev–Trinajstić information content (AvgIpc) is 3.40.